The summed E-state index contributed by atoms with van der Waals surface area (Å²) in [4.78, 5) is 24.5. The summed E-state index contributed by atoms with van der Waals surface area (Å²) in [7, 11) is 1.40. The van der Waals surface area contributed by atoms with Gasteiger partial charge in [-0.3, -0.25) is 4.79 Å². The molecule has 0 aromatic heterocycles. The number of carbonyl (C=O) groups excluding carboxylic acids is 2. The van der Waals surface area contributed by atoms with Crippen LogP contribution in [0.25, 0.3) is 0 Å². The number of carbonyl (C=O) groups is 2. The van der Waals surface area contributed by atoms with Gasteiger partial charge >= 0.3 is 5.97 Å². The molecule has 0 amide bonds. The zero-order chi connectivity index (χ0) is 25.7. The topological polar surface area (TPSA) is 71.1 Å². The predicted molar refractivity (Wildman–Crippen MR) is 131 cm³/mol. The molecule has 0 atom stereocenters. The van der Waals surface area contributed by atoms with Crippen molar-refractivity contribution in [3.63, 3.8) is 0 Å². The number of halogens is 3. The number of ether oxygens (including phenoxy) is 4. The number of ketones is 1. The minimum atomic E-state index is -0.569. The first-order chi connectivity index (χ1) is 16.6. The molecule has 184 valence electrons. The van der Waals surface area contributed by atoms with Crippen molar-refractivity contribution in [2.45, 2.75) is 20.8 Å². The fourth-order valence-electron chi connectivity index (χ4n) is 3.39. The molecule has 0 N–H and O–H groups in total. The van der Waals surface area contributed by atoms with E-state index in [2.05, 4.69) is 0 Å². The minimum Gasteiger partial charge on any atom is -0.497 e. The van der Waals surface area contributed by atoms with E-state index in [1.807, 2.05) is 0 Å². The highest BCUT2D eigenvalue weighted by Crippen LogP contribution is 2.41. The van der Waals surface area contributed by atoms with Gasteiger partial charge in [0.2, 0.25) is 0 Å². The monoisotopic (exact) mass is 520 g/mol. The largest absolute Gasteiger partial charge is 0.497 e. The van der Waals surface area contributed by atoms with E-state index < -0.39 is 11.8 Å². The van der Waals surface area contributed by atoms with Gasteiger partial charge in [-0.25, -0.2) is 9.18 Å². The fraction of sp³-hybridized carbons (Fsp3) is 0.231. The lowest BCUT2D eigenvalue weighted by atomic mass is 9.98. The molecule has 3 aromatic rings. The highest BCUT2D eigenvalue weighted by atomic mass is 35.5. The van der Waals surface area contributed by atoms with E-state index in [0.717, 1.165) is 6.07 Å². The van der Waals surface area contributed by atoms with Crippen molar-refractivity contribution in [2.75, 3.05) is 20.3 Å². The third-order valence-electron chi connectivity index (χ3n) is 4.93. The minimum absolute atomic E-state index is 0.166. The standard InChI is InChI=1S/C26H23Cl2FO6/c1-5-33-23(30)13-34-20-11-21(27)26(22(28)12-20)35-25-14(2)6-16(7-15(25)3)24(31)17-8-18(29)10-19(9-17)32-4/h6-12H,5,13H2,1-4H3. The lowest BCUT2D eigenvalue weighted by Gasteiger charge is -2.16. The van der Waals surface area contributed by atoms with E-state index in [1.165, 1.54) is 31.4 Å². The normalized spacial score (nSPS) is 10.6. The van der Waals surface area contributed by atoms with Crippen LogP contribution in [0, 0.1) is 19.7 Å². The number of hydrogen-bond donors (Lipinski definition) is 0. The molecule has 0 spiro atoms. The van der Waals surface area contributed by atoms with Crippen LogP contribution in [-0.4, -0.2) is 32.1 Å². The predicted octanol–water partition coefficient (Wildman–Crippen LogP) is 6.72. The van der Waals surface area contributed by atoms with Gasteiger partial charge in [-0.2, -0.15) is 0 Å². The van der Waals surface area contributed by atoms with E-state index in [0.29, 0.717) is 22.4 Å². The second kappa shape index (κ2) is 11.4. The lowest BCUT2D eigenvalue weighted by molar-refractivity contribution is -0.145. The zero-order valence-corrected chi connectivity index (χ0v) is 21.1. The van der Waals surface area contributed by atoms with Gasteiger partial charge in [0.1, 0.15) is 23.1 Å². The first-order valence-electron chi connectivity index (χ1n) is 10.6. The molecule has 0 fully saturated rings. The molecule has 0 heterocycles. The summed E-state index contributed by atoms with van der Waals surface area (Å²) in [6, 6.07) is 10.1. The molecule has 0 aliphatic heterocycles. The lowest BCUT2D eigenvalue weighted by Crippen LogP contribution is -2.14. The Bertz CT molecular complexity index is 1230. The van der Waals surface area contributed by atoms with Gasteiger partial charge < -0.3 is 18.9 Å². The summed E-state index contributed by atoms with van der Waals surface area (Å²) in [5, 5.41) is 0.337. The van der Waals surface area contributed by atoms with Crippen molar-refractivity contribution in [3.05, 3.63) is 80.6 Å². The number of aryl methyl sites for hydroxylation is 2. The summed E-state index contributed by atoms with van der Waals surface area (Å²) >= 11 is 12.7. The van der Waals surface area contributed by atoms with Gasteiger partial charge in [0.25, 0.3) is 0 Å². The number of methoxy groups -OCH3 is 1. The van der Waals surface area contributed by atoms with Gasteiger partial charge in [0.05, 0.1) is 23.8 Å². The average Bonchev–Trinajstić information content (AvgIpc) is 2.80. The van der Waals surface area contributed by atoms with Crippen molar-refractivity contribution < 1.29 is 32.9 Å². The molecule has 0 saturated heterocycles. The summed E-state index contributed by atoms with van der Waals surface area (Å²) in [5.74, 6) is -0.266. The third-order valence-corrected chi connectivity index (χ3v) is 5.49. The highest BCUT2D eigenvalue weighted by Gasteiger charge is 2.19. The molecule has 0 saturated carbocycles. The molecular weight excluding hydrogens is 498 g/mol. The molecule has 0 bridgehead atoms. The summed E-state index contributed by atoms with van der Waals surface area (Å²) < 4.78 is 35.1. The fourth-order valence-corrected chi connectivity index (χ4v) is 3.93. The van der Waals surface area contributed by atoms with E-state index in [9.17, 15) is 14.0 Å². The van der Waals surface area contributed by atoms with Crippen LogP contribution >= 0.6 is 23.2 Å². The van der Waals surface area contributed by atoms with Gasteiger partial charge in [0.15, 0.2) is 18.1 Å². The van der Waals surface area contributed by atoms with Crippen LogP contribution in [-0.2, 0) is 9.53 Å². The Labute approximate surface area is 212 Å². The van der Waals surface area contributed by atoms with Crippen LogP contribution in [0.3, 0.4) is 0 Å². The summed E-state index contributed by atoms with van der Waals surface area (Å²) in [6.45, 7) is 5.19. The third kappa shape index (κ3) is 6.44. The molecule has 0 aliphatic rings. The number of benzene rings is 3. The molecular formula is C26H23Cl2FO6. The zero-order valence-electron chi connectivity index (χ0n) is 19.5. The Hall–Kier alpha value is -3.29. The van der Waals surface area contributed by atoms with Crippen molar-refractivity contribution in [1.82, 2.24) is 0 Å². The maximum Gasteiger partial charge on any atom is 0.344 e. The van der Waals surface area contributed by atoms with Crippen LogP contribution in [0.2, 0.25) is 10.0 Å². The van der Waals surface area contributed by atoms with E-state index >= 15 is 0 Å². The molecule has 0 aliphatic carbocycles. The van der Waals surface area contributed by atoms with Crippen molar-refractivity contribution >= 4 is 35.0 Å². The Balaban J connectivity index is 1.85. The quantitative estimate of drug-likeness (QED) is 0.230. The van der Waals surface area contributed by atoms with Crippen molar-refractivity contribution in [2.24, 2.45) is 0 Å². The second-order valence-corrected chi connectivity index (χ2v) is 8.37. The van der Waals surface area contributed by atoms with Gasteiger partial charge in [-0.15, -0.1) is 0 Å². The smallest absolute Gasteiger partial charge is 0.344 e. The molecule has 35 heavy (non-hydrogen) atoms. The van der Waals surface area contributed by atoms with Crippen LogP contribution in [0.5, 0.6) is 23.0 Å². The van der Waals surface area contributed by atoms with Crippen molar-refractivity contribution in [3.8, 4) is 23.0 Å². The first-order valence-corrected chi connectivity index (χ1v) is 11.3. The number of rotatable bonds is 9. The van der Waals surface area contributed by atoms with Gasteiger partial charge in [0, 0.05) is 29.3 Å². The second-order valence-electron chi connectivity index (χ2n) is 7.56. The molecule has 3 aromatic carbocycles. The summed E-state index contributed by atoms with van der Waals surface area (Å²) in [6.07, 6.45) is 0. The van der Waals surface area contributed by atoms with Gasteiger partial charge in [-0.1, -0.05) is 23.2 Å². The maximum atomic E-state index is 13.9. The van der Waals surface area contributed by atoms with Crippen LogP contribution < -0.4 is 14.2 Å². The van der Waals surface area contributed by atoms with E-state index in [-0.39, 0.29) is 51.9 Å². The Morgan fingerprint density at radius 1 is 0.857 bits per heavy atom. The molecule has 9 heteroatoms. The molecule has 3 rings (SSSR count). The number of esters is 1. The molecule has 0 radical (unpaired) electrons. The Morgan fingerprint density at radius 3 is 2.03 bits per heavy atom. The van der Waals surface area contributed by atoms with E-state index in [1.54, 1.807) is 32.9 Å². The van der Waals surface area contributed by atoms with Crippen LogP contribution in [0.1, 0.15) is 34.0 Å². The Morgan fingerprint density at radius 2 is 1.46 bits per heavy atom. The van der Waals surface area contributed by atoms with Crippen LogP contribution in [0.15, 0.2) is 42.5 Å². The summed E-state index contributed by atoms with van der Waals surface area (Å²) in [5.41, 5.74) is 1.82. The van der Waals surface area contributed by atoms with Crippen LogP contribution in [0.4, 0.5) is 4.39 Å². The Kier molecular flexibility index (Phi) is 8.59. The molecule has 0 unspecified atom stereocenters. The van der Waals surface area contributed by atoms with Crippen molar-refractivity contribution in [1.29, 1.82) is 0 Å². The van der Waals surface area contributed by atoms with E-state index in [4.69, 9.17) is 42.1 Å². The first kappa shape index (κ1) is 26.3. The SMILES string of the molecule is CCOC(=O)COc1cc(Cl)c(Oc2c(C)cc(C(=O)c3cc(F)cc(OC)c3)cc2C)c(Cl)c1. The highest BCUT2D eigenvalue weighted by molar-refractivity contribution is 6.37. The average molecular weight is 521 g/mol. The maximum absolute atomic E-state index is 13.9. The number of hydrogen-bond acceptors (Lipinski definition) is 6. The van der Waals surface area contributed by atoms with Gasteiger partial charge in [-0.05, 0) is 56.2 Å². The molecule has 6 nitrogen and oxygen atoms in total.